The minimum absolute atomic E-state index is 0.0924. The van der Waals surface area contributed by atoms with Gasteiger partial charge in [0.25, 0.3) is 0 Å². The molecule has 168 valence electrons. The third-order valence-electron chi connectivity index (χ3n) is 5.86. The van der Waals surface area contributed by atoms with Crippen molar-refractivity contribution >= 4 is 22.9 Å². The van der Waals surface area contributed by atoms with Crippen LogP contribution in [0.15, 0.2) is 42.5 Å². The van der Waals surface area contributed by atoms with E-state index in [1.807, 2.05) is 24.3 Å². The zero-order valence-electron chi connectivity index (χ0n) is 18.7. The lowest BCUT2D eigenvalue weighted by atomic mass is 9.90. The quantitative estimate of drug-likeness (QED) is 0.446. The largest absolute Gasteiger partial charge is 0.388 e. The van der Waals surface area contributed by atoms with E-state index in [9.17, 15) is 9.65 Å². The van der Waals surface area contributed by atoms with Crippen molar-refractivity contribution in [2.45, 2.75) is 6.92 Å². The molecular formula is C25H26FN7. The highest BCUT2D eigenvalue weighted by atomic mass is 19.1. The van der Waals surface area contributed by atoms with E-state index in [-0.39, 0.29) is 28.4 Å². The highest BCUT2D eigenvalue weighted by Gasteiger charge is 2.24. The van der Waals surface area contributed by atoms with Crippen LogP contribution in [-0.2, 0) is 0 Å². The summed E-state index contributed by atoms with van der Waals surface area (Å²) in [5, 5.41) is 24.6. The fraction of sp³-hybridized carbons (Fsp3) is 0.240. The van der Waals surface area contributed by atoms with E-state index in [1.54, 1.807) is 26.1 Å². The molecule has 5 N–H and O–H groups in total. The molecule has 0 radical (unpaired) electrons. The molecule has 8 heteroatoms. The second-order valence-electron chi connectivity index (χ2n) is 7.94. The molecule has 0 spiro atoms. The Bertz CT molecular complexity index is 1240. The molecular weight excluding hydrogens is 417 g/mol. The number of halogens is 1. The molecule has 33 heavy (non-hydrogen) atoms. The van der Waals surface area contributed by atoms with E-state index in [1.165, 1.54) is 6.07 Å². The predicted molar refractivity (Wildman–Crippen MR) is 131 cm³/mol. The Morgan fingerprint density at radius 1 is 1.21 bits per heavy atom. The van der Waals surface area contributed by atoms with E-state index in [0.29, 0.717) is 16.8 Å². The van der Waals surface area contributed by atoms with Crippen LogP contribution >= 0.6 is 0 Å². The van der Waals surface area contributed by atoms with Gasteiger partial charge in [-0.25, -0.2) is 9.37 Å². The molecule has 1 saturated heterocycles. The summed E-state index contributed by atoms with van der Waals surface area (Å²) in [6, 6.07) is 14.7. The molecule has 0 bridgehead atoms. The van der Waals surface area contributed by atoms with Gasteiger partial charge in [0.05, 0.1) is 11.3 Å². The van der Waals surface area contributed by atoms with Gasteiger partial charge < -0.3 is 26.7 Å². The number of aromatic nitrogens is 1. The van der Waals surface area contributed by atoms with E-state index in [4.69, 9.17) is 11.1 Å². The van der Waals surface area contributed by atoms with Crippen molar-refractivity contribution in [3.63, 3.8) is 0 Å². The van der Waals surface area contributed by atoms with Crippen LogP contribution in [-0.4, -0.2) is 43.9 Å². The smallest absolute Gasteiger partial charge is 0.134 e. The van der Waals surface area contributed by atoms with Gasteiger partial charge in [-0.1, -0.05) is 12.1 Å². The molecule has 3 aromatic rings. The van der Waals surface area contributed by atoms with Crippen LogP contribution in [0.5, 0.6) is 0 Å². The first kappa shape index (κ1) is 22.2. The van der Waals surface area contributed by atoms with E-state index < -0.39 is 5.82 Å². The van der Waals surface area contributed by atoms with Crippen LogP contribution < -0.4 is 21.3 Å². The van der Waals surface area contributed by atoms with Crippen LogP contribution in [0.2, 0.25) is 0 Å². The molecule has 0 aliphatic carbocycles. The normalized spacial score (nSPS) is 13.5. The maximum atomic E-state index is 14.9. The Morgan fingerprint density at radius 3 is 2.48 bits per heavy atom. The minimum Gasteiger partial charge on any atom is -0.388 e. The monoisotopic (exact) mass is 443 g/mol. The molecule has 0 atom stereocenters. The second kappa shape index (κ2) is 9.27. The molecule has 4 rings (SSSR count). The van der Waals surface area contributed by atoms with E-state index in [2.05, 4.69) is 26.6 Å². The van der Waals surface area contributed by atoms with Gasteiger partial charge in [0.1, 0.15) is 17.7 Å². The lowest BCUT2D eigenvalue weighted by molar-refractivity contribution is 0.589. The van der Waals surface area contributed by atoms with Gasteiger partial charge in [-0.3, -0.25) is 0 Å². The number of nitrogens with two attached hydrogens (primary N) is 1. The van der Waals surface area contributed by atoms with Gasteiger partial charge in [0.15, 0.2) is 0 Å². The van der Waals surface area contributed by atoms with Gasteiger partial charge in [-0.2, -0.15) is 5.26 Å². The lowest BCUT2D eigenvalue weighted by Crippen LogP contribution is -2.43. The number of hydrogen-bond acceptors (Lipinski definition) is 7. The number of pyridine rings is 1. The Kier molecular flexibility index (Phi) is 6.24. The third kappa shape index (κ3) is 4.23. The molecule has 0 saturated carbocycles. The Morgan fingerprint density at radius 2 is 1.91 bits per heavy atom. The average molecular weight is 444 g/mol. The Hall–Kier alpha value is -3.96. The van der Waals surface area contributed by atoms with Crippen LogP contribution in [0.25, 0.3) is 22.4 Å². The summed E-state index contributed by atoms with van der Waals surface area (Å²) in [6.45, 7) is 5.30. The molecule has 2 heterocycles. The van der Waals surface area contributed by atoms with Crippen LogP contribution in [0.3, 0.4) is 0 Å². The van der Waals surface area contributed by atoms with E-state index >= 15 is 0 Å². The zero-order valence-corrected chi connectivity index (χ0v) is 18.7. The summed E-state index contributed by atoms with van der Waals surface area (Å²) in [5.41, 5.74) is 10.3. The van der Waals surface area contributed by atoms with Crippen molar-refractivity contribution in [2.24, 2.45) is 0 Å². The topological polar surface area (TPSA) is 114 Å². The molecule has 0 unspecified atom stereocenters. The summed E-state index contributed by atoms with van der Waals surface area (Å²) in [6.07, 6.45) is 0. The number of rotatable bonds is 5. The maximum Gasteiger partial charge on any atom is 0.134 e. The van der Waals surface area contributed by atoms with Crippen molar-refractivity contribution in [3.8, 4) is 28.5 Å². The Balaban J connectivity index is 1.90. The first-order valence-electron chi connectivity index (χ1n) is 10.8. The van der Waals surface area contributed by atoms with E-state index in [0.717, 1.165) is 37.4 Å². The number of nitriles is 1. The van der Waals surface area contributed by atoms with Crippen LogP contribution in [0.1, 0.15) is 18.1 Å². The number of anilines is 3. The highest BCUT2D eigenvalue weighted by molar-refractivity contribution is 6.08. The molecule has 1 aromatic heterocycles. The summed E-state index contributed by atoms with van der Waals surface area (Å²) in [5.74, 6) is -0.417. The van der Waals surface area contributed by atoms with Gasteiger partial charge in [-0.05, 0) is 42.8 Å². The SMILES string of the molecule is CNc1ccc(-c2nc(N)c(C(C)=N)c(-c3ccc(N4CCNCC4)cc3)c2C#N)c(F)c1. The van der Waals surface area contributed by atoms with Crippen LogP contribution in [0, 0.1) is 22.6 Å². The number of piperazine rings is 1. The minimum atomic E-state index is -0.510. The van der Waals surface area contributed by atoms with Crippen molar-refractivity contribution in [2.75, 3.05) is 49.2 Å². The third-order valence-corrected chi connectivity index (χ3v) is 5.86. The number of nitrogen functional groups attached to an aromatic ring is 1. The molecule has 2 aromatic carbocycles. The van der Waals surface area contributed by atoms with Gasteiger partial charge in [0.2, 0.25) is 0 Å². The number of hydrogen-bond donors (Lipinski definition) is 4. The van der Waals surface area contributed by atoms with Gasteiger partial charge in [0, 0.05) is 67.0 Å². The second-order valence-corrected chi connectivity index (χ2v) is 7.94. The summed E-state index contributed by atoms with van der Waals surface area (Å²) in [4.78, 5) is 6.66. The molecule has 0 amide bonds. The first-order chi connectivity index (χ1) is 15.9. The summed E-state index contributed by atoms with van der Waals surface area (Å²) >= 11 is 0. The Labute approximate surface area is 192 Å². The number of nitrogens with zero attached hydrogens (tertiary/aromatic N) is 3. The predicted octanol–water partition coefficient (Wildman–Crippen LogP) is 3.85. The fourth-order valence-corrected chi connectivity index (χ4v) is 4.20. The highest BCUT2D eigenvalue weighted by Crippen LogP contribution is 2.38. The standard InChI is InChI=1S/C25H26FN7/c1-15(28)22-23(16-3-6-18(7-4-16)33-11-9-31-10-12-33)20(14-27)24(32-25(22)29)19-8-5-17(30-2)13-21(19)26/h3-8,13,28,30-31H,9-12H2,1-2H3,(H2,29,32). The van der Waals surface area contributed by atoms with Crippen molar-refractivity contribution in [1.82, 2.24) is 10.3 Å². The molecule has 1 aliphatic heterocycles. The van der Waals surface area contributed by atoms with Crippen molar-refractivity contribution in [3.05, 3.63) is 59.4 Å². The average Bonchev–Trinajstić information content (AvgIpc) is 2.83. The maximum absolute atomic E-state index is 14.9. The molecule has 1 aliphatic rings. The first-order valence-corrected chi connectivity index (χ1v) is 10.8. The summed E-state index contributed by atoms with van der Waals surface area (Å²) in [7, 11) is 1.70. The van der Waals surface area contributed by atoms with Crippen LogP contribution in [0.4, 0.5) is 21.6 Å². The van der Waals surface area contributed by atoms with Crippen molar-refractivity contribution < 1.29 is 4.39 Å². The fourth-order valence-electron chi connectivity index (χ4n) is 4.20. The zero-order chi connectivity index (χ0) is 23.5. The summed E-state index contributed by atoms with van der Waals surface area (Å²) < 4.78 is 14.9. The molecule has 1 fully saturated rings. The number of nitrogens with one attached hydrogen (secondary N) is 3. The molecule has 7 nitrogen and oxygen atoms in total. The number of benzene rings is 2. The lowest BCUT2D eigenvalue weighted by Gasteiger charge is -2.29. The van der Waals surface area contributed by atoms with Gasteiger partial charge in [-0.15, -0.1) is 0 Å². The van der Waals surface area contributed by atoms with Gasteiger partial charge >= 0.3 is 0 Å². The van der Waals surface area contributed by atoms with Crippen molar-refractivity contribution in [1.29, 1.82) is 10.7 Å².